The van der Waals surface area contributed by atoms with Gasteiger partial charge in [0.1, 0.15) is 5.82 Å². The number of rotatable bonds is 2. The van der Waals surface area contributed by atoms with Crippen LogP contribution in [0.3, 0.4) is 0 Å². The maximum atomic E-state index is 13.6. The molecule has 0 saturated carbocycles. The van der Waals surface area contributed by atoms with E-state index in [9.17, 15) is 4.39 Å². The topological polar surface area (TPSA) is 27.0 Å². The van der Waals surface area contributed by atoms with Gasteiger partial charge in [0, 0.05) is 0 Å². The van der Waals surface area contributed by atoms with E-state index in [-0.39, 0.29) is 5.82 Å². The second-order valence-electron chi connectivity index (χ2n) is 4.23. The molecule has 1 aromatic carbocycles. The van der Waals surface area contributed by atoms with Gasteiger partial charge in [0.25, 0.3) is 0 Å². The predicted molar refractivity (Wildman–Crippen MR) is 60.4 cm³/mol. The second-order valence-corrected chi connectivity index (χ2v) is 4.23. The Morgan fingerprint density at radius 3 is 2.62 bits per heavy atom. The molecule has 1 heterocycles. The zero-order valence-corrected chi connectivity index (χ0v) is 9.19. The Hall–Kier alpha value is -1.40. The summed E-state index contributed by atoms with van der Waals surface area (Å²) in [5.41, 5.74) is 0.833. The van der Waals surface area contributed by atoms with E-state index in [2.05, 4.69) is 11.0 Å². The third-order valence-electron chi connectivity index (χ3n) is 3.23. The van der Waals surface area contributed by atoms with Gasteiger partial charge >= 0.3 is 0 Å². The van der Waals surface area contributed by atoms with Crippen molar-refractivity contribution in [3.63, 3.8) is 0 Å². The highest BCUT2D eigenvalue weighted by Crippen LogP contribution is 2.29. The van der Waals surface area contributed by atoms with Crippen LogP contribution < -0.4 is 0 Å². The molecule has 0 radical (unpaired) electrons. The second kappa shape index (κ2) is 5.09. The molecule has 0 amide bonds. The molecule has 16 heavy (non-hydrogen) atoms. The van der Waals surface area contributed by atoms with Gasteiger partial charge in [-0.25, -0.2) is 4.39 Å². The zero-order chi connectivity index (χ0) is 11.4. The van der Waals surface area contributed by atoms with Crippen molar-refractivity contribution in [2.75, 3.05) is 19.6 Å². The highest BCUT2D eigenvalue weighted by molar-refractivity contribution is 5.22. The van der Waals surface area contributed by atoms with E-state index in [1.54, 1.807) is 6.07 Å². The average molecular weight is 218 g/mol. The molecule has 3 heteroatoms. The molecule has 2 nitrogen and oxygen atoms in total. The Morgan fingerprint density at radius 1 is 1.31 bits per heavy atom. The van der Waals surface area contributed by atoms with Gasteiger partial charge in [-0.05, 0) is 43.5 Å². The van der Waals surface area contributed by atoms with Crippen LogP contribution in [-0.4, -0.2) is 24.5 Å². The van der Waals surface area contributed by atoms with Crippen molar-refractivity contribution in [3.8, 4) is 6.07 Å². The molecule has 0 unspecified atom stereocenters. The Labute approximate surface area is 95.3 Å². The van der Waals surface area contributed by atoms with Gasteiger partial charge in [-0.2, -0.15) is 5.26 Å². The van der Waals surface area contributed by atoms with Gasteiger partial charge in [0.2, 0.25) is 0 Å². The third kappa shape index (κ3) is 2.40. The quantitative estimate of drug-likeness (QED) is 0.713. The van der Waals surface area contributed by atoms with Crippen molar-refractivity contribution in [1.29, 1.82) is 5.26 Å². The van der Waals surface area contributed by atoms with Gasteiger partial charge < -0.3 is 0 Å². The van der Waals surface area contributed by atoms with Crippen LogP contribution in [0, 0.1) is 17.1 Å². The summed E-state index contributed by atoms with van der Waals surface area (Å²) >= 11 is 0. The lowest BCUT2D eigenvalue weighted by atomic mass is 9.89. The predicted octanol–water partition coefficient (Wildman–Crippen LogP) is 2.53. The summed E-state index contributed by atoms with van der Waals surface area (Å²) in [5, 5.41) is 8.59. The molecule has 1 fully saturated rings. The fourth-order valence-electron chi connectivity index (χ4n) is 2.31. The lowest BCUT2D eigenvalue weighted by Gasteiger charge is -2.30. The number of hydrogen-bond donors (Lipinski definition) is 0. The number of nitriles is 1. The molecule has 0 aliphatic carbocycles. The van der Waals surface area contributed by atoms with Crippen molar-refractivity contribution < 1.29 is 4.39 Å². The van der Waals surface area contributed by atoms with Crippen molar-refractivity contribution in [1.82, 2.24) is 4.90 Å². The Morgan fingerprint density at radius 2 is 2.00 bits per heavy atom. The van der Waals surface area contributed by atoms with Gasteiger partial charge in [0.05, 0.1) is 12.6 Å². The summed E-state index contributed by atoms with van der Waals surface area (Å²) in [6.07, 6.45) is 1.89. The van der Waals surface area contributed by atoms with E-state index < -0.39 is 0 Å². The Bertz CT molecular complexity index is 389. The van der Waals surface area contributed by atoms with Gasteiger partial charge in [0.15, 0.2) is 0 Å². The van der Waals surface area contributed by atoms with Crippen LogP contribution >= 0.6 is 0 Å². The highest BCUT2D eigenvalue weighted by atomic mass is 19.1. The summed E-state index contributed by atoms with van der Waals surface area (Å²) in [4.78, 5) is 2.12. The molecule has 1 saturated heterocycles. The van der Waals surface area contributed by atoms with E-state index in [1.807, 2.05) is 12.1 Å². The first-order valence-electron chi connectivity index (χ1n) is 5.65. The van der Waals surface area contributed by atoms with Crippen LogP contribution in [0.15, 0.2) is 24.3 Å². The first-order valence-corrected chi connectivity index (χ1v) is 5.65. The van der Waals surface area contributed by atoms with Crippen LogP contribution in [0.4, 0.5) is 4.39 Å². The minimum absolute atomic E-state index is 0.0961. The Kier molecular flexibility index (Phi) is 3.53. The first-order chi connectivity index (χ1) is 7.81. The number of hydrogen-bond acceptors (Lipinski definition) is 2. The Balaban J connectivity index is 2.00. The van der Waals surface area contributed by atoms with E-state index in [4.69, 9.17) is 5.26 Å². The molecule has 1 aliphatic rings. The fraction of sp³-hybridized carbons (Fsp3) is 0.462. The van der Waals surface area contributed by atoms with Crippen LogP contribution in [0.25, 0.3) is 0 Å². The lowest BCUT2D eigenvalue weighted by Crippen LogP contribution is -2.33. The monoisotopic (exact) mass is 218 g/mol. The number of halogens is 1. The average Bonchev–Trinajstić information content (AvgIpc) is 2.31. The maximum Gasteiger partial charge on any atom is 0.126 e. The largest absolute Gasteiger partial charge is 0.291 e. The molecular formula is C13H15FN2. The van der Waals surface area contributed by atoms with Crippen LogP contribution in [0.5, 0.6) is 0 Å². The van der Waals surface area contributed by atoms with Gasteiger partial charge in [-0.3, -0.25) is 4.90 Å². The van der Waals surface area contributed by atoms with Crippen LogP contribution in [0.1, 0.15) is 24.3 Å². The van der Waals surface area contributed by atoms with Crippen molar-refractivity contribution in [2.45, 2.75) is 18.8 Å². The maximum absolute atomic E-state index is 13.6. The SMILES string of the molecule is N#CCN1CCC(c2ccccc2F)CC1. The number of piperidine rings is 1. The normalized spacial score (nSPS) is 18.2. The van der Waals surface area contributed by atoms with Crippen LogP contribution in [0.2, 0.25) is 0 Å². The summed E-state index contributed by atoms with van der Waals surface area (Å²) in [7, 11) is 0. The van der Waals surface area contributed by atoms with Gasteiger partial charge in [-0.1, -0.05) is 18.2 Å². The number of nitrogens with zero attached hydrogens (tertiary/aromatic N) is 2. The molecule has 1 aromatic rings. The molecule has 0 atom stereocenters. The summed E-state index contributed by atoms with van der Waals surface area (Å²) in [5.74, 6) is 0.220. The zero-order valence-electron chi connectivity index (χ0n) is 9.19. The standard InChI is InChI=1S/C13H15FN2/c14-13-4-2-1-3-12(13)11-5-8-16(9-6-11)10-7-15/h1-4,11H,5-6,8-10H2. The molecule has 84 valence electrons. The van der Waals surface area contributed by atoms with E-state index >= 15 is 0 Å². The minimum Gasteiger partial charge on any atom is -0.291 e. The van der Waals surface area contributed by atoms with Crippen molar-refractivity contribution in [2.24, 2.45) is 0 Å². The van der Waals surface area contributed by atoms with E-state index in [1.165, 1.54) is 6.07 Å². The summed E-state index contributed by atoms with van der Waals surface area (Å²) in [6.45, 7) is 2.28. The number of benzene rings is 1. The summed E-state index contributed by atoms with van der Waals surface area (Å²) in [6, 6.07) is 9.17. The number of likely N-dealkylation sites (tertiary alicyclic amines) is 1. The van der Waals surface area contributed by atoms with Crippen molar-refractivity contribution >= 4 is 0 Å². The molecular weight excluding hydrogens is 203 g/mol. The molecule has 0 bridgehead atoms. The first kappa shape index (κ1) is 11.1. The molecule has 0 N–H and O–H groups in total. The van der Waals surface area contributed by atoms with Gasteiger partial charge in [-0.15, -0.1) is 0 Å². The highest BCUT2D eigenvalue weighted by Gasteiger charge is 2.22. The smallest absolute Gasteiger partial charge is 0.126 e. The molecule has 1 aliphatic heterocycles. The molecule has 2 rings (SSSR count). The van der Waals surface area contributed by atoms with E-state index in [0.717, 1.165) is 31.5 Å². The fourth-order valence-corrected chi connectivity index (χ4v) is 2.31. The molecule has 0 aromatic heterocycles. The lowest BCUT2D eigenvalue weighted by molar-refractivity contribution is 0.233. The molecule has 0 spiro atoms. The summed E-state index contributed by atoms with van der Waals surface area (Å²) < 4.78 is 13.6. The van der Waals surface area contributed by atoms with Crippen LogP contribution in [-0.2, 0) is 0 Å². The van der Waals surface area contributed by atoms with Crippen molar-refractivity contribution in [3.05, 3.63) is 35.6 Å². The third-order valence-corrected chi connectivity index (χ3v) is 3.23. The van der Waals surface area contributed by atoms with E-state index in [0.29, 0.717) is 12.5 Å². The minimum atomic E-state index is -0.0961.